The molecule has 0 aliphatic carbocycles. The first-order valence-electron chi connectivity index (χ1n) is 7.00. The fraction of sp³-hybridized carbons (Fsp3) is 0.467. The number of nitrogens with two attached hydrogens (primary N) is 1. The second-order valence-electron chi connectivity index (χ2n) is 5.07. The Morgan fingerprint density at radius 3 is 2.62 bits per heavy atom. The van der Waals surface area contributed by atoms with Crippen molar-refractivity contribution < 1.29 is 9.59 Å². The van der Waals surface area contributed by atoms with Gasteiger partial charge in [-0.15, -0.1) is 12.4 Å². The molecule has 0 radical (unpaired) electrons. The van der Waals surface area contributed by atoms with Gasteiger partial charge in [0.25, 0.3) is 0 Å². The van der Waals surface area contributed by atoms with Crippen molar-refractivity contribution in [1.29, 1.82) is 0 Å². The van der Waals surface area contributed by atoms with Gasteiger partial charge < -0.3 is 16.0 Å². The van der Waals surface area contributed by atoms with Crippen molar-refractivity contribution in [2.75, 3.05) is 19.6 Å². The number of amides is 2. The molecule has 1 aliphatic rings. The fourth-order valence-electron chi connectivity index (χ4n) is 2.43. The van der Waals surface area contributed by atoms with Crippen LogP contribution >= 0.6 is 12.4 Å². The van der Waals surface area contributed by atoms with Crippen LogP contribution in [0, 0.1) is 5.92 Å². The number of benzene rings is 1. The van der Waals surface area contributed by atoms with Gasteiger partial charge in [0.2, 0.25) is 11.8 Å². The lowest BCUT2D eigenvalue weighted by Gasteiger charge is -2.29. The molecule has 1 aromatic rings. The highest BCUT2D eigenvalue weighted by Gasteiger charge is 2.28. The lowest BCUT2D eigenvalue weighted by atomic mass is 9.97. The van der Waals surface area contributed by atoms with E-state index in [-0.39, 0.29) is 30.1 Å². The third-order valence-electron chi connectivity index (χ3n) is 3.54. The number of nitrogens with one attached hydrogen (secondary N) is 1. The SMILES string of the molecule is Cl.NCCN(Cc1ccccc1)C(=O)C1CCC(=O)NC1. The smallest absolute Gasteiger partial charge is 0.227 e. The predicted molar refractivity (Wildman–Crippen MR) is 83.9 cm³/mol. The molecule has 0 saturated carbocycles. The molecule has 1 fully saturated rings. The topological polar surface area (TPSA) is 75.4 Å². The van der Waals surface area contributed by atoms with Crippen LogP contribution in [-0.4, -0.2) is 36.3 Å². The summed E-state index contributed by atoms with van der Waals surface area (Å²) in [6, 6.07) is 9.87. The van der Waals surface area contributed by atoms with Crippen LogP contribution in [0.5, 0.6) is 0 Å². The maximum Gasteiger partial charge on any atom is 0.227 e. The lowest BCUT2D eigenvalue weighted by molar-refractivity contribution is -0.138. The van der Waals surface area contributed by atoms with Gasteiger partial charge in [0, 0.05) is 32.6 Å². The van der Waals surface area contributed by atoms with E-state index in [1.807, 2.05) is 30.3 Å². The predicted octanol–water partition coefficient (Wildman–Crippen LogP) is 0.922. The van der Waals surface area contributed by atoms with Crippen LogP contribution in [0.1, 0.15) is 18.4 Å². The first kappa shape index (κ1) is 17.5. The average Bonchev–Trinajstić information content (AvgIpc) is 2.48. The van der Waals surface area contributed by atoms with E-state index in [1.54, 1.807) is 4.90 Å². The highest BCUT2D eigenvalue weighted by atomic mass is 35.5. The first-order chi connectivity index (χ1) is 9.70. The van der Waals surface area contributed by atoms with Crippen molar-refractivity contribution in [1.82, 2.24) is 10.2 Å². The minimum absolute atomic E-state index is 0. The summed E-state index contributed by atoms with van der Waals surface area (Å²) in [5.41, 5.74) is 6.70. The highest BCUT2D eigenvalue weighted by molar-refractivity contribution is 5.85. The zero-order valence-corrected chi connectivity index (χ0v) is 12.8. The quantitative estimate of drug-likeness (QED) is 0.849. The molecule has 1 atom stereocenters. The van der Waals surface area contributed by atoms with Gasteiger partial charge in [-0.1, -0.05) is 30.3 Å². The fourth-order valence-corrected chi connectivity index (χ4v) is 2.43. The Labute approximate surface area is 131 Å². The molecule has 2 rings (SSSR count). The number of carbonyl (C=O) groups excluding carboxylic acids is 2. The number of piperidine rings is 1. The molecule has 0 bridgehead atoms. The van der Waals surface area contributed by atoms with E-state index in [9.17, 15) is 9.59 Å². The molecule has 1 aromatic carbocycles. The van der Waals surface area contributed by atoms with Gasteiger partial charge in [-0.3, -0.25) is 9.59 Å². The molecule has 0 spiro atoms. The Morgan fingerprint density at radius 1 is 1.33 bits per heavy atom. The van der Waals surface area contributed by atoms with E-state index >= 15 is 0 Å². The van der Waals surface area contributed by atoms with Crippen LogP contribution in [-0.2, 0) is 16.1 Å². The van der Waals surface area contributed by atoms with Crippen molar-refractivity contribution in [2.24, 2.45) is 11.7 Å². The van der Waals surface area contributed by atoms with Gasteiger partial charge in [-0.25, -0.2) is 0 Å². The van der Waals surface area contributed by atoms with Crippen molar-refractivity contribution in [3.63, 3.8) is 0 Å². The molecule has 6 heteroatoms. The average molecular weight is 312 g/mol. The third-order valence-corrected chi connectivity index (χ3v) is 3.54. The van der Waals surface area contributed by atoms with E-state index in [4.69, 9.17) is 5.73 Å². The maximum atomic E-state index is 12.5. The van der Waals surface area contributed by atoms with Crippen molar-refractivity contribution in [2.45, 2.75) is 19.4 Å². The monoisotopic (exact) mass is 311 g/mol. The number of halogens is 1. The van der Waals surface area contributed by atoms with Gasteiger partial charge >= 0.3 is 0 Å². The van der Waals surface area contributed by atoms with Gasteiger partial charge in [0.1, 0.15) is 0 Å². The molecule has 21 heavy (non-hydrogen) atoms. The third kappa shape index (κ3) is 5.02. The molecule has 1 heterocycles. The number of carbonyl (C=O) groups is 2. The Hall–Kier alpha value is -1.59. The summed E-state index contributed by atoms with van der Waals surface area (Å²) in [5, 5.41) is 2.76. The minimum atomic E-state index is -0.122. The summed E-state index contributed by atoms with van der Waals surface area (Å²) in [7, 11) is 0. The van der Waals surface area contributed by atoms with Crippen molar-refractivity contribution >= 4 is 24.2 Å². The van der Waals surface area contributed by atoms with Crippen LogP contribution in [0.4, 0.5) is 0 Å². The lowest BCUT2D eigenvalue weighted by Crippen LogP contribution is -2.45. The normalized spacial score (nSPS) is 17.6. The van der Waals surface area contributed by atoms with Crippen LogP contribution in [0.3, 0.4) is 0 Å². The summed E-state index contributed by atoms with van der Waals surface area (Å²) in [6.45, 7) is 1.99. The van der Waals surface area contributed by atoms with Crippen LogP contribution in [0.25, 0.3) is 0 Å². The van der Waals surface area contributed by atoms with Crippen LogP contribution in [0.2, 0.25) is 0 Å². The van der Waals surface area contributed by atoms with E-state index in [0.717, 1.165) is 5.56 Å². The Morgan fingerprint density at radius 2 is 2.05 bits per heavy atom. The van der Waals surface area contributed by atoms with Gasteiger partial charge in [-0.2, -0.15) is 0 Å². The molecule has 2 amide bonds. The first-order valence-corrected chi connectivity index (χ1v) is 7.00. The molecule has 116 valence electrons. The summed E-state index contributed by atoms with van der Waals surface area (Å²) < 4.78 is 0. The molecule has 0 aromatic heterocycles. The summed E-state index contributed by atoms with van der Waals surface area (Å²) in [4.78, 5) is 25.5. The number of hydrogen-bond acceptors (Lipinski definition) is 3. The number of rotatable bonds is 5. The van der Waals surface area contributed by atoms with Gasteiger partial charge in [0.05, 0.1) is 5.92 Å². The maximum absolute atomic E-state index is 12.5. The van der Waals surface area contributed by atoms with Crippen LogP contribution in [0.15, 0.2) is 30.3 Å². The zero-order chi connectivity index (χ0) is 14.4. The molecular weight excluding hydrogens is 290 g/mol. The van der Waals surface area contributed by atoms with Crippen molar-refractivity contribution in [3.8, 4) is 0 Å². The van der Waals surface area contributed by atoms with E-state index in [2.05, 4.69) is 5.32 Å². The van der Waals surface area contributed by atoms with E-state index in [1.165, 1.54) is 0 Å². The highest BCUT2D eigenvalue weighted by Crippen LogP contribution is 2.16. The van der Waals surface area contributed by atoms with E-state index in [0.29, 0.717) is 39.0 Å². The zero-order valence-electron chi connectivity index (χ0n) is 12.0. The summed E-state index contributed by atoms with van der Waals surface area (Å²) >= 11 is 0. The van der Waals surface area contributed by atoms with Crippen LogP contribution < -0.4 is 11.1 Å². The molecule has 1 unspecified atom stereocenters. The minimum Gasteiger partial charge on any atom is -0.355 e. The summed E-state index contributed by atoms with van der Waals surface area (Å²) in [6.07, 6.45) is 1.05. The summed E-state index contributed by atoms with van der Waals surface area (Å²) in [5.74, 6) is -0.00949. The standard InChI is InChI=1S/C15H21N3O2.ClH/c16-8-9-18(11-12-4-2-1-3-5-12)15(20)13-6-7-14(19)17-10-13;/h1-5,13H,6-11,16H2,(H,17,19);1H. The van der Waals surface area contributed by atoms with Gasteiger partial charge in [0.15, 0.2) is 0 Å². The molecule has 1 aliphatic heterocycles. The molecule has 1 saturated heterocycles. The van der Waals surface area contributed by atoms with E-state index < -0.39 is 0 Å². The second-order valence-corrected chi connectivity index (χ2v) is 5.07. The Balaban J connectivity index is 0.00000220. The second kappa shape index (κ2) is 8.64. The van der Waals surface area contributed by atoms with Crippen molar-refractivity contribution in [3.05, 3.63) is 35.9 Å². The Kier molecular flexibility index (Phi) is 7.19. The molecular formula is C15H22ClN3O2. The largest absolute Gasteiger partial charge is 0.355 e. The Bertz CT molecular complexity index is 457. The van der Waals surface area contributed by atoms with Gasteiger partial charge in [-0.05, 0) is 12.0 Å². The molecule has 5 nitrogen and oxygen atoms in total. The number of hydrogen-bond donors (Lipinski definition) is 2. The molecule has 3 N–H and O–H groups in total. The number of nitrogens with zero attached hydrogens (tertiary/aromatic N) is 1.